The SMILES string of the molecule is Cc1cc2cc3c(cc2c(C)n1)[nH]c1ccccc13. The molecule has 0 saturated carbocycles. The molecule has 1 N–H and O–H groups in total. The van der Waals surface area contributed by atoms with Crippen molar-refractivity contribution in [1.82, 2.24) is 9.97 Å². The van der Waals surface area contributed by atoms with Gasteiger partial charge < -0.3 is 4.98 Å². The van der Waals surface area contributed by atoms with Crippen molar-refractivity contribution in [2.45, 2.75) is 13.8 Å². The lowest BCUT2D eigenvalue weighted by Crippen LogP contribution is -1.88. The van der Waals surface area contributed by atoms with Crippen molar-refractivity contribution >= 4 is 32.6 Å². The van der Waals surface area contributed by atoms with E-state index in [1.807, 2.05) is 6.92 Å². The molecule has 0 saturated heterocycles. The molecule has 2 heterocycles. The monoisotopic (exact) mass is 246 g/mol. The Balaban J connectivity index is 2.25. The van der Waals surface area contributed by atoms with Gasteiger partial charge in [0.05, 0.1) is 0 Å². The maximum atomic E-state index is 4.55. The van der Waals surface area contributed by atoms with Gasteiger partial charge in [-0.15, -0.1) is 0 Å². The van der Waals surface area contributed by atoms with E-state index in [1.165, 1.54) is 32.6 Å². The predicted octanol–water partition coefficient (Wildman–Crippen LogP) is 4.49. The van der Waals surface area contributed by atoms with Gasteiger partial charge in [0.25, 0.3) is 0 Å². The van der Waals surface area contributed by atoms with Crippen LogP contribution in [-0.2, 0) is 0 Å². The van der Waals surface area contributed by atoms with Crippen molar-refractivity contribution in [2.75, 3.05) is 0 Å². The van der Waals surface area contributed by atoms with Crippen LogP contribution in [0.5, 0.6) is 0 Å². The summed E-state index contributed by atoms with van der Waals surface area (Å²) in [6.45, 7) is 4.12. The molecule has 0 spiro atoms. The van der Waals surface area contributed by atoms with Gasteiger partial charge >= 0.3 is 0 Å². The zero-order chi connectivity index (χ0) is 13.0. The van der Waals surface area contributed by atoms with Crippen LogP contribution in [0.3, 0.4) is 0 Å². The number of aryl methyl sites for hydroxylation is 2. The number of nitrogens with one attached hydrogen (secondary N) is 1. The van der Waals surface area contributed by atoms with E-state index >= 15 is 0 Å². The van der Waals surface area contributed by atoms with Crippen LogP contribution >= 0.6 is 0 Å². The molecule has 0 amide bonds. The summed E-state index contributed by atoms with van der Waals surface area (Å²) in [4.78, 5) is 8.03. The Morgan fingerprint density at radius 2 is 1.68 bits per heavy atom. The molecular weight excluding hydrogens is 232 g/mol. The number of pyridine rings is 1. The average molecular weight is 246 g/mol. The summed E-state index contributed by atoms with van der Waals surface area (Å²) < 4.78 is 0. The maximum Gasteiger partial charge on any atom is 0.0471 e. The molecule has 92 valence electrons. The molecule has 2 nitrogen and oxygen atoms in total. The Bertz CT molecular complexity index is 932. The third-order valence-corrected chi connectivity index (χ3v) is 3.77. The molecule has 2 heteroatoms. The first kappa shape index (κ1) is 10.6. The van der Waals surface area contributed by atoms with Crippen LogP contribution in [0, 0.1) is 13.8 Å². The molecule has 0 atom stereocenters. The highest BCUT2D eigenvalue weighted by Gasteiger charge is 2.07. The van der Waals surface area contributed by atoms with E-state index in [1.54, 1.807) is 0 Å². The van der Waals surface area contributed by atoms with Crippen LogP contribution in [-0.4, -0.2) is 9.97 Å². The number of aromatic nitrogens is 2. The van der Waals surface area contributed by atoms with E-state index in [9.17, 15) is 0 Å². The highest BCUT2D eigenvalue weighted by atomic mass is 14.7. The zero-order valence-corrected chi connectivity index (χ0v) is 11.0. The van der Waals surface area contributed by atoms with Crippen molar-refractivity contribution in [3.05, 3.63) is 53.9 Å². The summed E-state index contributed by atoms with van der Waals surface area (Å²) in [7, 11) is 0. The Morgan fingerprint density at radius 3 is 2.58 bits per heavy atom. The molecule has 0 fully saturated rings. The summed E-state index contributed by atoms with van der Waals surface area (Å²) in [5, 5.41) is 5.06. The van der Waals surface area contributed by atoms with Gasteiger partial charge in [-0.25, -0.2) is 0 Å². The number of nitrogens with zero attached hydrogens (tertiary/aromatic N) is 1. The predicted molar refractivity (Wildman–Crippen MR) is 80.6 cm³/mol. The fraction of sp³-hybridized carbons (Fsp3) is 0.118. The van der Waals surface area contributed by atoms with Gasteiger partial charge in [0.2, 0.25) is 0 Å². The number of hydrogen-bond donors (Lipinski definition) is 1. The van der Waals surface area contributed by atoms with Gasteiger partial charge in [0, 0.05) is 38.6 Å². The molecule has 4 rings (SSSR count). The summed E-state index contributed by atoms with van der Waals surface area (Å²) in [6, 6.07) is 15.1. The summed E-state index contributed by atoms with van der Waals surface area (Å²) in [5.41, 5.74) is 4.54. The van der Waals surface area contributed by atoms with E-state index < -0.39 is 0 Å². The van der Waals surface area contributed by atoms with E-state index in [0.29, 0.717) is 0 Å². The highest BCUT2D eigenvalue weighted by molar-refractivity contribution is 6.12. The number of aromatic amines is 1. The lowest BCUT2D eigenvalue weighted by molar-refractivity contribution is 1.15. The van der Waals surface area contributed by atoms with Crippen LogP contribution in [0.1, 0.15) is 11.4 Å². The van der Waals surface area contributed by atoms with Gasteiger partial charge in [-0.1, -0.05) is 18.2 Å². The first-order valence-corrected chi connectivity index (χ1v) is 6.51. The standard InChI is InChI=1S/C17H14N2/c1-10-7-12-8-15-13-5-3-4-6-16(13)19-17(15)9-14(12)11(2)18-10/h3-9,19H,1-2H3. The maximum absolute atomic E-state index is 4.55. The van der Waals surface area contributed by atoms with Gasteiger partial charge in [0.15, 0.2) is 0 Å². The third kappa shape index (κ3) is 1.46. The van der Waals surface area contributed by atoms with Crippen LogP contribution in [0.4, 0.5) is 0 Å². The number of H-pyrrole nitrogens is 1. The van der Waals surface area contributed by atoms with Crippen LogP contribution in [0.25, 0.3) is 32.6 Å². The van der Waals surface area contributed by atoms with E-state index in [0.717, 1.165) is 11.4 Å². The number of rotatable bonds is 0. The summed E-state index contributed by atoms with van der Waals surface area (Å²) in [5.74, 6) is 0. The van der Waals surface area contributed by atoms with E-state index in [4.69, 9.17) is 0 Å². The first-order valence-electron chi connectivity index (χ1n) is 6.51. The molecule has 2 aromatic heterocycles. The lowest BCUT2D eigenvalue weighted by atomic mass is 10.0. The van der Waals surface area contributed by atoms with E-state index in [2.05, 4.69) is 59.4 Å². The smallest absolute Gasteiger partial charge is 0.0471 e. The Labute approximate surface area is 111 Å². The topological polar surface area (TPSA) is 28.7 Å². The molecule has 0 bridgehead atoms. The molecule has 2 aromatic carbocycles. The minimum absolute atomic E-state index is 1.07. The minimum atomic E-state index is 1.07. The Kier molecular flexibility index (Phi) is 1.99. The minimum Gasteiger partial charge on any atom is -0.354 e. The second kappa shape index (κ2) is 3.58. The lowest BCUT2D eigenvalue weighted by Gasteiger charge is -2.04. The second-order valence-electron chi connectivity index (χ2n) is 5.14. The highest BCUT2D eigenvalue weighted by Crippen LogP contribution is 2.30. The Morgan fingerprint density at radius 1 is 0.842 bits per heavy atom. The van der Waals surface area contributed by atoms with Gasteiger partial charge in [-0.3, -0.25) is 4.98 Å². The number of benzene rings is 2. The van der Waals surface area contributed by atoms with Crippen molar-refractivity contribution in [1.29, 1.82) is 0 Å². The second-order valence-corrected chi connectivity index (χ2v) is 5.14. The molecule has 0 aliphatic carbocycles. The average Bonchev–Trinajstić information content (AvgIpc) is 2.74. The Hall–Kier alpha value is -2.35. The van der Waals surface area contributed by atoms with Crippen molar-refractivity contribution < 1.29 is 0 Å². The van der Waals surface area contributed by atoms with E-state index in [-0.39, 0.29) is 0 Å². The van der Waals surface area contributed by atoms with Crippen LogP contribution < -0.4 is 0 Å². The zero-order valence-electron chi connectivity index (χ0n) is 11.0. The number of hydrogen-bond acceptors (Lipinski definition) is 1. The molecule has 19 heavy (non-hydrogen) atoms. The first-order chi connectivity index (χ1) is 9.22. The fourth-order valence-corrected chi connectivity index (χ4v) is 2.93. The molecule has 0 radical (unpaired) electrons. The molecular formula is C17H14N2. The fourth-order valence-electron chi connectivity index (χ4n) is 2.93. The number of para-hydroxylation sites is 1. The largest absolute Gasteiger partial charge is 0.354 e. The summed E-state index contributed by atoms with van der Waals surface area (Å²) >= 11 is 0. The molecule has 4 aromatic rings. The molecule has 0 aliphatic heterocycles. The van der Waals surface area contributed by atoms with Gasteiger partial charge in [0.1, 0.15) is 0 Å². The normalized spacial score (nSPS) is 11.7. The number of fused-ring (bicyclic) bond motifs is 4. The van der Waals surface area contributed by atoms with Crippen LogP contribution in [0.2, 0.25) is 0 Å². The quantitative estimate of drug-likeness (QED) is 0.486. The molecule has 0 aliphatic rings. The molecule has 0 unspecified atom stereocenters. The third-order valence-electron chi connectivity index (χ3n) is 3.77. The van der Waals surface area contributed by atoms with Crippen molar-refractivity contribution in [3.8, 4) is 0 Å². The van der Waals surface area contributed by atoms with Crippen molar-refractivity contribution in [2.24, 2.45) is 0 Å². The van der Waals surface area contributed by atoms with Gasteiger partial charge in [-0.2, -0.15) is 0 Å². The van der Waals surface area contributed by atoms with Gasteiger partial charge in [-0.05, 0) is 43.5 Å². The van der Waals surface area contributed by atoms with Crippen molar-refractivity contribution in [3.63, 3.8) is 0 Å². The summed E-state index contributed by atoms with van der Waals surface area (Å²) in [6.07, 6.45) is 0. The van der Waals surface area contributed by atoms with Crippen LogP contribution in [0.15, 0.2) is 42.5 Å².